The summed E-state index contributed by atoms with van der Waals surface area (Å²) < 4.78 is 0. The first-order chi connectivity index (χ1) is 10.2. The molecule has 0 bridgehead atoms. The van der Waals surface area contributed by atoms with Gasteiger partial charge in [0.05, 0.1) is 5.56 Å². The Bertz CT molecular complexity index is 621. The number of carbonyl (C=O) groups is 2. The molecule has 0 aliphatic carbocycles. The molecule has 4 N–H and O–H groups in total. The minimum Gasteiger partial charge on any atom is -0.360 e. The number of aromatic amines is 1. The lowest BCUT2D eigenvalue weighted by Gasteiger charge is -2.08. The van der Waals surface area contributed by atoms with Crippen molar-refractivity contribution in [2.75, 3.05) is 6.54 Å². The molecule has 112 valence electrons. The highest BCUT2D eigenvalue weighted by molar-refractivity contribution is 6.06. The van der Waals surface area contributed by atoms with E-state index in [0.29, 0.717) is 12.1 Å². The van der Waals surface area contributed by atoms with Crippen LogP contribution in [0, 0.1) is 0 Å². The molecule has 1 heterocycles. The maximum absolute atomic E-state index is 12.0. The average molecular weight is 288 g/mol. The van der Waals surface area contributed by atoms with Crippen molar-refractivity contribution in [1.82, 2.24) is 21.2 Å². The number of hydrogen-bond donors (Lipinski definition) is 4. The van der Waals surface area contributed by atoms with Crippen LogP contribution in [-0.2, 0) is 0 Å². The first-order valence-electron chi connectivity index (χ1n) is 7.12. The lowest BCUT2D eigenvalue weighted by molar-refractivity contribution is 0.0938. The van der Waals surface area contributed by atoms with E-state index in [4.69, 9.17) is 0 Å². The van der Waals surface area contributed by atoms with Crippen LogP contribution in [0.5, 0.6) is 0 Å². The molecule has 0 aliphatic rings. The van der Waals surface area contributed by atoms with Crippen molar-refractivity contribution in [3.8, 4) is 0 Å². The Morgan fingerprint density at radius 3 is 2.76 bits per heavy atom. The van der Waals surface area contributed by atoms with Crippen LogP contribution in [-0.4, -0.2) is 23.5 Å². The first-order valence-corrected chi connectivity index (χ1v) is 7.12. The van der Waals surface area contributed by atoms with Crippen LogP contribution in [0.3, 0.4) is 0 Å². The van der Waals surface area contributed by atoms with E-state index in [-0.39, 0.29) is 5.91 Å². The Labute approximate surface area is 123 Å². The maximum atomic E-state index is 12.0. The highest BCUT2D eigenvalue weighted by atomic mass is 16.2. The Morgan fingerprint density at radius 2 is 1.95 bits per heavy atom. The van der Waals surface area contributed by atoms with E-state index in [1.54, 1.807) is 6.20 Å². The molecule has 0 saturated carbocycles. The number of amides is 3. The molecule has 2 aromatic rings. The minimum atomic E-state index is -0.403. The normalized spacial score (nSPS) is 10.3. The zero-order valence-corrected chi connectivity index (χ0v) is 12.0. The Morgan fingerprint density at radius 1 is 1.14 bits per heavy atom. The summed E-state index contributed by atoms with van der Waals surface area (Å²) >= 11 is 0. The van der Waals surface area contributed by atoms with Gasteiger partial charge in [-0.05, 0) is 12.5 Å². The lowest BCUT2D eigenvalue weighted by Crippen LogP contribution is -2.47. The fourth-order valence-electron chi connectivity index (χ4n) is 2.06. The number of aromatic nitrogens is 1. The number of urea groups is 1. The van der Waals surface area contributed by atoms with Crippen molar-refractivity contribution in [2.24, 2.45) is 0 Å². The number of hydrazine groups is 1. The summed E-state index contributed by atoms with van der Waals surface area (Å²) in [6.45, 7) is 2.70. The zero-order chi connectivity index (χ0) is 15.1. The van der Waals surface area contributed by atoms with Crippen LogP contribution in [0.1, 0.15) is 36.5 Å². The van der Waals surface area contributed by atoms with Crippen molar-refractivity contribution in [3.63, 3.8) is 0 Å². The second kappa shape index (κ2) is 7.33. The average Bonchev–Trinajstić information content (AvgIpc) is 2.93. The van der Waals surface area contributed by atoms with Crippen LogP contribution in [0.15, 0.2) is 30.5 Å². The molecule has 0 aliphatic heterocycles. The minimum absolute atomic E-state index is 0.351. The molecule has 2 rings (SSSR count). The third kappa shape index (κ3) is 3.98. The van der Waals surface area contributed by atoms with E-state index >= 15 is 0 Å². The van der Waals surface area contributed by atoms with Gasteiger partial charge < -0.3 is 10.3 Å². The predicted octanol–water partition coefficient (Wildman–Crippen LogP) is 2.30. The van der Waals surface area contributed by atoms with Crippen molar-refractivity contribution >= 4 is 22.8 Å². The van der Waals surface area contributed by atoms with E-state index in [2.05, 4.69) is 28.1 Å². The SMILES string of the molecule is CCCCCNC(=O)NNC(=O)c1c[nH]c2ccccc12. The summed E-state index contributed by atoms with van der Waals surface area (Å²) in [5, 5.41) is 3.50. The van der Waals surface area contributed by atoms with Crippen LogP contribution in [0.2, 0.25) is 0 Å². The van der Waals surface area contributed by atoms with E-state index in [1.807, 2.05) is 24.3 Å². The van der Waals surface area contributed by atoms with Gasteiger partial charge >= 0.3 is 6.03 Å². The van der Waals surface area contributed by atoms with E-state index in [1.165, 1.54) is 0 Å². The molecular formula is C15H20N4O2. The molecule has 6 nitrogen and oxygen atoms in total. The van der Waals surface area contributed by atoms with Gasteiger partial charge in [-0.15, -0.1) is 0 Å². The molecule has 0 unspecified atom stereocenters. The van der Waals surface area contributed by atoms with Gasteiger partial charge in [0, 0.05) is 23.6 Å². The standard InChI is InChI=1S/C15H20N4O2/c1-2-3-6-9-16-15(21)19-18-14(20)12-10-17-13-8-5-4-7-11(12)13/h4-5,7-8,10,17H,2-3,6,9H2,1H3,(H,18,20)(H2,16,19,21). The van der Waals surface area contributed by atoms with Gasteiger partial charge in [-0.3, -0.25) is 10.2 Å². The summed E-state index contributed by atoms with van der Waals surface area (Å²) in [4.78, 5) is 26.5. The number of carbonyl (C=O) groups excluding carboxylic acids is 2. The van der Waals surface area contributed by atoms with E-state index < -0.39 is 6.03 Å². The van der Waals surface area contributed by atoms with Gasteiger partial charge in [0.2, 0.25) is 0 Å². The monoisotopic (exact) mass is 288 g/mol. The molecule has 0 fully saturated rings. The molecule has 3 amide bonds. The Kier molecular flexibility index (Phi) is 5.20. The molecule has 0 atom stereocenters. The van der Waals surface area contributed by atoms with Gasteiger partial charge in [0.15, 0.2) is 0 Å². The topological polar surface area (TPSA) is 86.0 Å². The summed E-state index contributed by atoms with van der Waals surface area (Å²) in [5.74, 6) is -0.351. The van der Waals surface area contributed by atoms with Gasteiger partial charge in [0.1, 0.15) is 0 Å². The summed E-state index contributed by atoms with van der Waals surface area (Å²) in [6, 6.07) is 7.09. The fraction of sp³-hybridized carbons (Fsp3) is 0.333. The van der Waals surface area contributed by atoms with E-state index in [0.717, 1.165) is 30.2 Å². The lowest BCUT2D eigenvalue weighted by atomic mass is 10.2. The number of nitrogens with one attached hydrogen (secondary N) is 4. The second-order valence-electron chi connectivity index (χ2n) is 4.79. The largest absolute Gasteiger partial charge is 0.360 e. The molecule has 0 saturated heterocycles. The number of unbranched alkanes of at least 4 members (excludes halogenated alkanes) is 2. The Hall–Kier alpha value is -2.50. The van der Waals surface area contributed by atoms with Gasteiger partial charge in [-0.25, -0.2) is 10.2 Å². The zero-order valence-electron chi connectivity index (χ0n) is 12.0. The number of para-hydroxylation sites is 1. The third-order valence-corrected chi connectivity index (χ3v) is 3.19. The number of fused-ring (bicyclic) bond motifs is 1. The molecule has 0 spiro atoms. The smallest absolute Gasteiger partial charge is 0.333 e. The second-order valence-corrected chi connectivity index (χ2v) is 4.79. The van der Waals surface area contributed by atoms with Crippen LogP contribution in [0.25, 0.3) is 10.9 Å². The molecule has 21 heavy (non-hydrogen) atoms. The maximum Gasteiger partial charge on any atom is 0.333 e. The van der Waals surface area contributed by atoms with E-state index in [9.17, 15) is 9.59 Å². The number of benzene rings is 1. The van der Waals surface area contributed by atoms with Crippen LogP contribution < -0.4 is 16.2 Å². The van der Waals surface area contributed by atoms with Gasteiger partial charge in [-0.2, -0.15) is 0 Å². The predicted molar refractivity (Wildman–Crippen MR) is 81.8 cm³/mol. The highest BCUT2D eigenvalue weighted by Gasteiger charge is 2.11. The van der Waals surface area contributed by atoms with Crippen molar-refractivity contribution in [3.05, 3.63) is 36.0 Å². The quantitative estimate of drug-likeness (QED) is 0.502. The third-order valence-electron chi connectivity index (χ3n) is 3.19. The summed E-state index contributed by atoms with van der Waals surface area (Å²) in [5.41, 5.74) is 6.12. The van der Waals surface area contributed by atoms with Crippen molar-refractivity contribution in [1.29, 1.82) is 0 Å². The molecule has 6 heteroatoms. The molecule has 1 aromatic carbocycles. The highest BCUT2D eigenvalue weighted by Crippen LogP contribution is 2.16. The fourth-order valence-corrected chi connectivity index (χ4v) is 2.06. The summed E-state index contributed by atoms with van der Waals surface area (Å²) in [7, 11) is 0. The Balaban J connectivity index is 1.83. The summed E-state index contributed by atoms with van der Waals surface area (Å²) in [6.07, 6.45) is 4.73. The van der Waals surface area contributed by atoms with Crippen LogP contribution in [0.4, 0.5) is 4.79 Å². The molecule has 1 aromatic heterocycles. The van der Waals surface area contributed by atoms with Crippen molar-refractivity contribution < 1.29 is 9.59 Å². The molecule has 0 radical (unpaired) electrons. The first kappa shape index (κ1) is 14.9. The van der Waals surface area contributed by atoms with Gasteiger partial charge in [0.25, 0.3) is 5.91 Å². The van der Waals surface area contributed by atoms with Gasteiger partial charge in [-0.1, -0.05) is 38.0 Å². The molecular weight excluding hydrogens is 268 g/mol. The van der Waals surface area contributed by atoms with Crippen LogP contribution >= 0.6 is 0 Å². The number of hydrogen-bond acceptors (Lipinski definition) is 2. The van der Waals surface area contributed by atoms with Crippen molar-refractivity contribution in [2.45, 2.75) is 26.2 Å². The number of rotatable bonds is 5. The number of H-pyrrole nitrogens is 1.